The maximum atomic E-state index is 13.9. The summed E-state index contributed by atoms with van der Waals surface area (Å²) in [5.41, 5.74) is 0.808. The van der Waals surface area contributed by atoms with Crippen LogP contribution < -0.4 is 11.0 Å². The van der Waals surface area contributed by atoms with Gasteiger partial charge in [0.05, 0.1) is 6.04 Å². The van der Waals surface area contributed by atoms with Crippen molar-refractivity contribution in [3.05, 3.63) is 87.9 Å². The van der Waals surface area contributed by atoms with Crippen LogP contribution in [0.3, 0.4) is 0 Å². The fourth-order valence-electron chi connectivity index (χ4n) is 3.60. The average molecular weight is 423 g/mol. The van der Waals surface area contributed by atoms with Gasteiger partial charge in [-0.1, -0.05) is 48.5 Å². The van der Waals surface area contributed by atoms with Crippen molar-refractivity contribution >= 4 is 11.8 Å². The van der Waals surface area contributed by atoms with Gasteiger partial charge in [0, 0.05) is 25.2 Å². The second-order valence-electron chi connectivity index (χ2n) is 7.43. The topological polar surface area (TPSA) is 89.2 Å². The lowest BCUT2D eigenvalue weighted by atomic mass is 10.1. The molecule has 0 saturated heterocycles. The molecule has 2 heterocycles. The van der Waals surface area contributed by atoms with Crippen molar-refractivity contribution in [3.63, 3.8) is 0 Å². The highest BCUT2D eigenvalue weighted by Crippen LogP contribution is 2.15. The molecule has 0 fully saturated rings. The number of carbonyl (C=O) groups is 2. The minimum Gasteiger partial charge on any atom is -0.348 e. The van der Waals surface area contributed by atoms with E-state index in [1.807, 2.05) is 37.3 Å². The maximum absolute atomic E-state index is 13.9. The van der Waals surface area contributed by atoms with Gasteiger partial charge in [-0.15, -0.1) is 5.10 Å². The lowest BCUT2D eigenvalue weighted by Gasteiger charge is -2.26. The van der Waals surface area contributed by atoms with E-state index in [9.17, 15) is 18.8 Å². The number of benzene rings is 2. The highest BCUT2D eigenvalue weighted by molar-refractivity contribution is 5.91. The number of nitrogens with zero attached hydrogens (tertiary/aromatic N) is 4. The Bertz CT molecular complexity index is 1170. The van der Waals surface area contributed by atoms with Crippen LogP contribution in [0, 0.1) is 5.82 Å². The normalized spacial score (nSPS) is 14.3. The van der Waals surface area contributed by atoms with Crippen LogP contribution in [0.4, 0.5) is 4.39 Å². The highest BCUT2D eigenvalue weighted by atomic mass is 19.1. The smallest absolute Gasteiger partial charge is 0.346 e. The Balaban J connectivity index is 1.47. The van der Waals surface area contributed by atoms with E-state index in [-0.39, 0.29) is 44.0 Å². The first-order chi connectivity index (χ1) is 14.9. The summed E-state index contributed by atoms with van der Waals surface area (Å²) in [7, 11) is 0. The quantitative estimate of drug-likeness (QED) is 0.654. The first-order valence-electron chi connectivity index (χ1n) is 9.98. The van der Waals surface area contributed by atoms with Crippen molar-refractivity contribution in [2.45, 2.75) is 32.6 Å². The number of halogens is 1. The van der Waals surface area contributed by atoms with Crippen molar-refractivity contribution in [1.29, 1.82) is 0 Å². The molecule has 0 radical (unpaired) electrons. The average Bonchev–Trinajstić information content (AvgIpc) is 3.08. The summed E-state index contributed by atoms with van der Waals surface area (Å²) in [6, 6.07) is 15.4. The van der Waals surface area contributed by atoms with E-state index in [2.05, 4.69) is 10.4 Å². The van der Waals surface area contributed by atoms with Crippen molar-refractivity contribution in [1.82, 2.24) is 24.6 Å². The van der Waals surface area contributed by atoms with Crippen LogP contribution in [0.25, 0.3) is 0 Å². The van der Waals surface area contributed by atoms with Crippen molar-refractivity contribution in [2.75, 3.05) is 6.54 Å². The van der Waals surface area contributed by atoms with Gasteiger partial charge >= 0.3 is 5.69 Å². The molecule has 31 heavy (non-hydrogen) atoms. The highest BCUT2D eigenvalue weighted by Gasteiger charge is 2.30. The van der Waals surface area contributed by atoms with Gasteiger partial charge < -0.3 is 10.2 Å². The van der Waals surface area contributed by atoms with E-state index in [1.54, 1.807) is 18.2 Å². The number of fused-ring (bicyclic) bond motifs is 1. The zero-order valence-electron chi connectivity index (χ0n) is 17.0. The van der Waals surface area contributed by atoms with Gasteiger partial charge in [0.15, 0.2) is 0 Å². The van der Waals surface area contributed by atoms with Crippen molar-refractivity contribution in [3.8, 4) is 0 Å². The van der Waals surface area contributed by atoms with Gasteiger partial charge in [0.25, 0.3) is 5.91 Å². The van der Waals surface area contributed by atoms with E-state index >= 15 is 0 Å². The number of nitrogens with one attached hydrogen (secondary N) is 1. The Labute approximate surface area is 177 Å². The summed E-state index contributed by atoms with van der Waals surface area (Å²) < 4.78 is 16.2. The molecule has 0 bridgehead atoms. The lowest BCUT2D eigenvalue weighted by Crippen LogP contribution is -2.42. The monoisotopic (exact) mass is 423 g/mol. The number of hydrogen-bond donors (Lipinski definition) is 1. The van der Waals surface area contributed by atoms with E-state index in [0.29, 0.717) is 5.56 Å². The molecule has 1 N–H and O–H groups in total. The molecule has 9 heteroatoms. The van der Waals surface area contributed by atoms with Crippen LogP contribution in [0.15, 0.2) is 59.4 Å². The van der Waals surface area contributed by atoms with Gasteiger partial charge in [0.1, 0.15) is 12.4 Å². The molecule has 0 saturated carbocycles. The third kappa shape index (κ3) is 4.25. The lowest BCUT2D eigenvalue weighted by molar-refractivity contribution is -0.122. The van der Waals surface area contributed by atoms with E-state index in [1.165, 1.54) is 15.5 Å². The molecule has 4 rings (SSSR count). The molecular weight excluding hydrogens is 401 g/mol. The van der Waals surface area contributed by atoms with Gasteiger partial charge in [-0.25, -0.2) is 13.9 Å². The van der Waals surface area contributed by atoms with Crippen LogP contribution in [-0.2, 0) is 24.4 Å². The maximum Gasteiger partial charge on any atom is 0.346 e. The van der Waals surface area contributed by atoms with Crippen molar-refractivity contribution in [2.24, 2.45) is 0 Å². The summed E-state index contributed by atoms with van der Waals surface area (Å²) in [6.07, 6.45) is 0. The number of amides is 2. The summed E-state index contributed by atoms with van der Waals surface area (Å²) >= 11 is 0. The molecule has 160 valence electrons. The first-order valence-corrected chi connectivity index (χ1v) is 9.98. The molecule has 0 aliphatic carbocycles. The van der Waals surface area contributed by atoms with Gasteiger partial charge in [0.2, 0.25) is 11.7 Å². The third-order valence-electron chi connectivity index (χ3n) is 5.28. The molecule has 8 nitrogen and oxygen atoms in total. The Hall–Kier alpha value is -3.75. The predicted molar refractivity (Wildman–Crippen MR) is 111 cm³/mol. The second kappa shape index (κ2) is 8.55. The molecule has 1 aromatic heterocycles. The first kappa shape index (κ1) is 20.5. The largest absolute Gasteiger partial charge is 0.348 e. The minimum atomic E-state index is -0.517. The molecule has 1 atom stereocenters. The Kier molecular flexibility index (Phi) is 5.66. The van der Waals surface area contributed by atoms with Crippen LogP contribution >= 0.6 is 0 Å². The van der Waals surface area contributed by atoms with Gasteiger partial charge in [-0.2, -0.15) is 0 Å². The van der Waals surface area contributed by atoms with Gasteiger partial charge in [-0.3, -0.25) is 14.2 Å². The molecule has 2 aromatic carbocycles. The SMILES string of the molecule is C[C@@H](NC(=O)Cn1nc2n(c1=O)CCN(Cc1ccccc1F)C2=O)c1ccccc1. The summed E-state index contributed by atoms with van der Waals surface area (Å²) in [5.74, 6) is -1.29. The standard InChI is InChI=1S/C22H22FN5O3/c1-15(16-7-3-2-4-8-16)24-19(29)14-28-22(31)27-12-11-26(21(30)20(27)25-28)13-17-9-5-6-10-18(17)23/h2-10,15H,11-14H2,1H3,(H,24,29)/t15-/m1/s1. The zero-order valence-corrected chi connectivity index (χ0v) is 17.0. The number of rotatable bonds is 6. The van der Waals surface area contributed by atoms with Crippen LogP contribution in [0.5, 0.6) is 0 Å². The molecule has 3 aromatic rings. The Morgan fingerprint density at radius 3 is 2.55 bits per heavy atom. The second-order valence-corrected chi connectivity index (χ2v) is 7.43. The van der Waals surface area contributed by atoms with E-state index < -0.39 is 17.4 Å². The van der Waals surface area contributed by atoms with Crippen LogP contribution in [0.2, 0.25) is 0 Å². The zero-order chi connectivity index (χ0) is 22.0. The molecule has 2 amide bonds. The summed E-state index contributed by atoms with van der Waals surface area (Å²) in [5, 5.41) is 6.91. The molecule has 1 aliphatic rings. The van der Waals surface area contributed by atoms with Crippen LogP contribution in [-0.4, -0.2) is 37.6 Å². The summed E-state index contributed by atoms with van der Waals surface area (Å²) in [4.78, 5) is 39.3. The van der Waals surface area contributed by atoms with Crippen molar-refractivity contribution < 1.29 is 14.0 Å². The Morgan fingerprint density at radius 2 is 1.81 bits per heavy atom. The van der Waals surface area contributed by atoms with Gasteiger partial charge in [-0.05, 0) is 18.6 Å². The molecule has 0 spiro atoms. The minimum absolute atomic E-state index is 0.0449. The van der Waals surface area contributed by atoms with Crippen LogP contribution in [0.1, 0.15) is 34.7 Å². The number of hydrogen-bond acceptors (Lipinski definition) is 4. The summed E-state index contributed by atoms with van der Waals surface area (Å²) in [6.45, 7) is 2.12. The molecular formula is C22H22FN5O3. The third-order valence-corrected chi connectivity index (χ3v) is 5.28. The number of aromatic nitrogens is 3. The Morgan fingerprint density at radius 1 is 1.10 bits per heavy atom. The molecule has 0 unspecified atom stereocenters. The fourth-order valence-corrected chi connectivity index (χ4v) is 3.60. The predicted octanol–water partition coefficient (Wildman–Crippen LogP) is 1.72. The molecule has 1 aliphatic heterocycles. The van der Waals surface area contributed by atoms with E-state index in [0.717, 1.165) is 10.2 Å². The van der Waals surface area contributed by atoms with E-state index in [4.69, 9.17) is 0 Å². The number of carbonyl (C=O) groups excluding carboxylic acids is 2. The fraction of sp³-hybridized carbons (Fsp3) is 0.273.